The zero-order chi connectivity index (χ0) is 12.1. The summed E-state index contributed by atoms with van der Waals surface area (Å²) in [5.41, 5.74) is 3.97. The maximum absolute atomic E-state index is 9.24. The Hall–Kier alpha value is -1.76. The van der Waals surface area contributed by atoms with Crippen LogP contribution < -0.4 is 0 Å². The van der Waals surface area contributed by atoms with Crippen molar-refractivity contribution in [1.82, 2.24) is 0 Å². The highest BCUT2D eigenvalue weighted by molar-refractivity contribution is 5.32. The molecule has 0 fully saturated rings. The third kappa shape index (κ3) is 3.35. The normalized spacial score (nSPS) is 10.4. The Morgan fingerprint density at radius 3 is 2.29 bits per heavy atom. The van der Waals surface area contributed by atoms with E-state index in [1.807, 2.05) is 12.1 Å². The maximum atomic E-state index is 9.24. The minimum atomic E-state index is 0.327. The van der Waals surface area contributed by atoms with Crippen molar-refractivity contribution in [3.05, 3.63) is 65.2 Å². The molecule has 0 radical (unpaired) electrons. The first-order chi connectivity index (χ1) is 8.28. The Bertz CT molecular complexity index is 471. The van der Waals surface area contributed by atoms with Gasteiger partial charge in [-0.1, -0.05) is 49.7 Å². The Balaban J connectivity index is 2.12. The Kier molecular flexibility index (Phi) is 3.81. The van der Waals surface area contributed by atoms with E-state index in [9.17, 15) is 5.11 Å². The second-order valence-electron chi connectivity index (χ2n) is 4.41. The highest BCUT2D eigenvalue weighted by atomic mass is 16.3. The molecule has 1 heteroatoms. The fraction of sp³-hybridized carbons (Fsp3) is 0.250. The predicted molar refractivity (Wildman–Crippen MR) is 71.3 cm³/mol. The molecule has 0 unspecified atom stereocenters. The van der Waals surface area contributed by atoms with Gasteiger partial charge >= 0.3 is 0 Å². The zero-order valence-electron chi connectivity index (χ0n) is 10.2. The van der Waals surface area contributed by atoms with E-state index in [-0.39, 0.29) is 0 Å². The number of phenolic OH excluding ortho intramolecular Hbond substituents is 1. The topological polar surface area (TPSA) is 20.2 Å². The molecule has 0 aliphatic rings. The summed E-state index contributed by atoms with van der Waals surface area (Å²) in [6.45, 7) is 2.20. The lowest BCUT2D eigenvalue weighted by atomic mass is 10.0. The molecule has 0 amide bonds. The van der Waals surface area contributed by atoms with E-state index in [1.54, 1.807) is 12.1 Å². The van der Waals surface area contributed by atoms with Crippen molar-refractivity contribution >= 4 is 0 Å². The average molecular weight is 226 g/mol. The van der Waals surface area contributed by atoms with Gasteiger partial charge in [-0.15, -0.1) is 0 Å². The van der Waals surface area contributed by atoms with Crippen LogP contribution in [0.4, 0.5) is 0 Å². The van der Waals surface area contributed by atoms with Crippen molar-refractivity contribution in [2.45, 2.75) is 26.2 Å². The van der Waals surface area contributed by atoms with Crippen molar-refractivity contribution < 1.29 is 5.11 Å². The van der Waals surface area contributed by atoms with Crippen LogP contribution in [0.5, 0.6) is 5.75 Å². The molecule has 1 N–H and O–H groups in total. The van der Waals surface area contributed by atoms with E-state index < -0.39 is 0 Å². The lowest BCUT2D eigenvalue weighted by molar-refractivity contribution is 0.475. The second kappa shape index (κ2) is 5.53. The molecule has 2 aromatic carbocycles. The third-order valence-corrected chi connectivity index (χ3v) is 2.87. The Labute approximate surface area is 103 Å². The molecular weight excluding hydrogens is 208 g/mol. The van der Waals surface area contributed by atoms with Crippen LogP contribution in [0, 0.1) is 0 Å². The van der Waals surface area contributed by atoms with E-state index in [0.29, 0.717) is 5.75 Å². The molecular formula is C16H18O. The standard InChI is InChI=1S/C16H18O/c1-2-4-13-5-3-6-15(11-13)12-14-7-9-16(17)10-8-14/h3,5-11,17H,2,4,12H2,1H3. The predicted octanol–water partition coefficient (Wildman–Crippen LogP) is 3.94. The van der Waals surface area contributed by atoms with E-state index in [2.05, 4.69) is 31.2 Å². The van der Waals surface area contributed by atoms with E-state index in [1.165, 1.54) is 23.1 Å². The number of hydrogen-bond donors (Lipinski definition) is 1. The maximum Gasteiger partial charge on any atom is 0.115 e. The van der Waals surface area contributed by atoms with E-state index in [4.69, 9.17) is 0 Å². The molecule has 0 bridgehead atoms. The third-order valence-electron chi connectivity index (χ3n) is 2.87. The largest absolute Gasteiger partial charge is 0.508 e. The number of aryl methyl sites for hydroxylation is 1. The minimum absolute atomic E-state index is 0.327. The summed E-state index contributed by atoms with van der Waals surface area (Å²) in [5.74, 6) is 0.327. The molecule has 0 atom stereocenters. The van der Waals surface area contributed by atoms with Crippen LogP contribution in [0.25, 0.3) is 0 Å². The molecule has 0 heterocycles. The van der Waals surface area contributed by atoms with E-state index >= 15 is 0 Å². The highest BCUT2D eigenvalue weighted by Crippen LogP contribution is 2.15. The monoisotopic (exact) mass is 226 g/mol. The van der Waals surface area contributed by atoms with Gasteiger partial charge in [-0.25, -0.2) is 0 Å². The SMILES string of the molecule is CCCc1cccc(Cc2ccc(O)cc2)c1. The second-order valence-corrected chi connectivity index (χ2v) is 4.41. The average Bonchev–Trinajstić information content (AvgIpc) is 2.33. The van der Waals surface area contributed by atoms with Crippen molar-refractivity contribution in [2.75, 3.05) is 0 Å². The molecule has 0 aliphatic heterocycles. The molecule has 0 saturated carbocycles. The minimum Gasteiger partial charge on any atom is -0.508 e. The van der Waals surface area contributed by atoms with Gasteiger partial charge in [-0.3, -0.25) is 0 Å². The Morgan fingerprint density at radius 1 is 0.882 bits per heavy atom. The lowest BCUT2D eigenvalue weighted by Crippen LogP contribution is -1.90. The van der Waals surface area contributed by atoms with Crippen molar-refractivity contribution in [2.24, 2.45) is 0 Å². The first-order valence-corrected chi connectivity index (χ1v) is 6.13. The molecule has 1 nitrogen and oxygen atoms in total. The summed E-state index contributed by atoms with van der Waals surface area (Å²) in [5, 5.41) is 9.24. The summed E-state index contributed by atoms with van der Waals surface area (Å²) < 4.78 is 0. The number of rotatable bonds is 4. The smallest absolute Gasteiger partial charge is 0.115 e. The van der Waals surface area contributed by atoms with Crippen LogP contribution in [-0.2, 0) is 12.8 Å². The molecule has 88 valence electrons. The van der Waals surface area contributed by atoms with Gasteiger partial charge in [0.15, 0.2) is 0 Å². The molecule has 0 aromatic heterocycles. The van der Waals surface area contributed by atoms with E-state index in [0.717, 1.165) is 12.8 Å². The first kappa shape index (κ1) is 11.7. The van der Waals surface area contributed by atoms with Crippen molar-refractivity contribution in [3.63, 3.8) is 0 Å². The first-order valence-electron chi connectivity index (χ1n) is 6.13. The van der Waals surface area contributed by atoms with Gasteiger partial charge in [0, 0.05) is 0 Å². The van der Waals surface area contributed by atoms with Crippen LogP contribution in [0.2, 0.25) is 0 Å². The van der Waals surface area contributed by atoms with Crippen LogP contribution in [-0.4, -0.2) is 5.11 Å². The molecule has 17 heavy (non-hydrogen) atoms. The molecule has 0 aliphatic carbocycles. The van der Waals surface area contributed by atoms with Gasteiger partial charge in [-0.2, -0.15) is 0 Å². The summed E-state index contributed by atoms with van der Waals surface area (Å²) in [4.78, 5) is 0. The van der Waals surface area contributed by atoms with Gasteiger partial charge in [0.25, 0.3) is 0 Å². The van der Waals surface area contributed by atoms with Gasteiger partial charge in [-0.05, 0) is 41.7 Å². The fourth-order valence-corrected chi connectivity index (χ4v) is 2.03. The summed E-state index contributed by atoms with van der Waals surface area (Å²) in [6.07, 6.45) is 3.25. The summed E-state index contributed by atoms with van der Waals surface area (Å²) in [7, 11) is 0. The van der Waals surface area contributed by atoms with Crippen LogP contribution >= 0.6 is 0 Å². The number of hydrogen-bond acceptors (Lipinski definition) is 1. The number of aromatic hydroxyl groups is 1. The van der Waals surface area contributed by atoms with Crippen LogP contribution in [0.15, 0.2) is 48.5 Å². The lowest BCUT2D eigenvalue weighted by Gasteiger charge is -2.05. The fourth-order valence-electron chi connectivity index (χ4n) is 2.03. The molecule has 2 rings (SSSR count). The zero-order valence-corrected chi connectivity index (χ0v) is 10.2. The molecule has 2 aromatic rings. The van der Waals surface area contributed by atoms with Crippen molar-refractivity contribution in [1.29, 1.82) is 0 Å². The van der Waals surface area contributed by atoms with Gasteiger partial charge < -0.3 is 5.11 Å². The summed E-state index contributed by atoms with van der Waals surface area (Å²) in [6, 6.07) is 16.2. The summed E-state index contributed by atoms with van der Waals surface area (Å²) >= 11 is 0. The van der Waals surface area contributed by atoms with Gasteiger partial charge in [0.2, 0.25) is 0 Å². The number of phenols is 1. The molecule has 0 saturated heterocycles. The van der Waals surface area contributed by atoms with Crippen LogP contribution in [0.1, 0.15) is 30.0 Å². The Morgan fingerprint density at radius 2 is 1.59 bits per heavy atom. The van der Waals surface area contributed by atoms with Crippen molar-refractivity contribution in [3.8, 4) is 5.75 Å². The van der Waals surface area contributed by atoms with Gasteiger partial charge in [0.1, 0.15) is 5.75 Å². The van der Waals surface area contributed by atoms with Crippen LogP contribution in [0.3, 0.4) is 0 Å². The molecule has 0 spiro atoms. The van der Waals surface area contributed by atoms with Gasteiger partial charge in [0.05, 0.1) is 0 Å². The quantitative estimate of drug-likeness (QED) is 0.837. The number of benzene rings is 2. The highest BCUT2D eigenvalue weighted by Gasteiger charge is 1.98.